The van der Waals surface area contributed by atoms with Gasteiger partial charge in [-0.2, -0.15) is 0 Å². The summed E-state index contributed by atoms with van der Waals surface area (Å²) in [4.78, 5) is 9.26. The van der Waals surface area contributed by atoms with E-state index in [-0.39, 0.29) is 13.2 Å². The summed E-state index contributed by atoms with van der Waals surface area (Å²) >= 11 is 6.90. The second-order valence-corrected chi connectivity index (χ2v) is 17.4. The van der Waals surface area contributed by atoms with Crippen LogP contribution in [0.2, 0.25) is 0 Å². The molecule has 0 saturated carbocycles. The van der Waals surface area contributed by atoms with Crippen LogP contribution in [-0.4, -0.2) is 10.2 Å². The monoisotopic (exact) mass is 774 g/mol. The van der Waals surface area contributed by atoms with Gasteiger partial charge in [0.1, 0.15) is 23.0 Å². The van der Waals surface area contributed by atoms with Gasteiger partial charge in [0, 0.05) is 50.3 Å². The van der Waals surface area contributed by atoms with E-state index in [4.69, 9.17) is 9.47 Å². The first-order valence-corrected chi connectivity index (χ1v) is 20.7. The lowest BCUT2D eigenvalue weighted by molar-refractivity contribution is 0.281. The lowest BCUT2D eigenvalue weighted by Crippen LogP contribution is -1.97. The summed E-state index contributed by atoms with van der Waals surface area (Å²) < 4.78 is 13.8. The average molecular weight is 775 g/mol. The molecule has 0 amide bonds. The van der Waals surface area contributed by atoms with Gasteiger partial charge in [-0.15, -0.1) is 0 Å². The summed E-state index contributed by atoms with van der Waals surface area (Å²) in [6.07, 6.45) is 0. The zero-order chi connectivity index (χ0) is 36.2. The molecule has 2 N–H and O–H groups in total. The summed E-state index contributed by atoms with van der Waals surface area (Å²) in [5.74, 6) is 2.97. The van der Waals surface area contributed by atoms with Crippen LogP contribution in [0, 0.1) is 0 Å². The molecule has 0 radical (unpaired) electrons. The summed E-state index contributed by atoms with van der Waals surface area (Å²) in [7, 11) is 0. The van der Waals surface area contributed by atoms with Crippen LogP contribution in [-0.2, 0) is 13.2 Å². The Bertz CT molecular complexity index is 2590. The Morgan fingerprint density at radius 3 is 1.20 bits per heavy atom. The van der Waals surface area contributed by atoms with Gasteiger partial charge in [0.05, 0.1) is 13.2 Å². The van der Waals surface area contributed by atoms with E-state index in [0.29, 0.717) is 0 Å². The van der Waals surface area contributed by atoms with Gasteiger partial charge in [-0.1, -0.05) is 120 Å². The fourth-order valence-corrected chi connectivity index (χ4v) is 11.6. The lowest BCUT2D eigenvalue weighted by Gasteiger charge is -2.22. The van der Waals surface area contributed by atoms with Crippen molar-refractivity contribution in [3.05, 3.63) is 157 Å². The molecule has 0 fully saturated rings. The van der Waals surface area contributed by atoms with Crippen molar-refractivity contribution in [2.75, 3.05) is 0 Å². The van der Waals surface area contributed by atoms with Crippen LogP contribution in [0.4, 0.5) is 0 Å². The highest BCUT2D eigenvalue weighted by molar-refractivity contribution is 8.05. The van der Waals surface area contributed by atoms with Gasteiger partial charge in [0.25, 0.3) is 0 Å². The zero-order valence-corrected chi connectivity index (χ0v) is 31.9. The van der Waals surface area contributed by atoms with E-state index in [1.54, 1.807) is 47.0 Å². The molecule has 10 rings (SSSR count). The molecule has 4 nitrogen and oxygen atoms in total. The molecule has 8 aromatic carbocycles. The Morgan fingerprint density at radius 2 is 0.759 bits per heavy atom. The molecule has 0 atom stereocenters. The second kappa shape index (κ2) is 14.1. The van der Waals surface area contributed by atoms with Crippen LogP contribution in [0.15, 0.2) is 185 Å². The van der Waals surface area contributed by atoms with Crippen molar-refractivity contribution >= 4 is 68.6 Å². The minimum atomic E-state index is 0.0182. The van der Waals surface area contributed by atoms with Crippen molar-refractivity contribution in [1.29, 1.82) is 0 Å². The minimum absolute atomic E-state index is 0.0182. The summed E-state index contributed by atoms with van der Waals surface area (Å²) in [5, 5.41) is 23.8. The molecular weight excluding hydrogens is 745 g/mol. The number of aliphatic hydroxyl groups excluding tert-OH is 2. The van der Waals surface area contributed by atoms with Crippen molar-refractivity contribution in [3.8, 4) is 34.1 Å². The molecule has 8 heteroatoms. The van der Waals surface area contributed by atoms with Crippen LogP contribution in [0.25, 0.3) is 32.7 Å². The number of rotatable bonds is 7. The maximum atomic E-state index is 9.75. The Balaban J connectivity index is 1.07. The standard InChI is InChI=1S/C46H30O4S4/c47-25-27-9-17-37-41(21-27)53-43-23-31(13-19-39(43)51-37)49-35-15-11-29-5-1-3-7-33(29)45(35)46-34-8-4-2-6-30(34)12-16-36(46)50-32-14-20-40-44(24-32)54-42-22-28(26-48)10-18-38(42)52-40/h1-24,47-48H,25-26H2. The molecular formula is C46H30O4S4. The van der Waals surface area contributed by atoms with Crippen LogP contribution in [0.5, 0.6) is 23.0 Å². The zero-order valence-electron chi connectivity index (χ0n) is 28.6. The molecule has 0 bridgehead atoms. The van der Waals surface area contributed by atoms with E-state index < -0.39 is 0 Å². The molecule has 0 unspecified atom stereocenters. The maximum absolute atomic E-state index is 9.75. The van der Waals surface area contributed by atoms with Crippen molar-refractivity contribution < 1.29 is 19.7 Å². The smallest absolute Gasteiger partial charge is 0.136 e. The van der Waals surface area contributed by atoms with Gasteiger partial charge in [-0.05, 0) is 105 Å². The Labute approximate surface area is 329 Å². The van der Waals surface area contributed by atoms with E-state index in [2.05, 4.69) is 121 Å². The number of fused-ring (bicyclic) bond motifs is 6. The third-order valence-corrected chi connectivity index (χ3v) is 14.6. The van der Waals surface area contributed by atoms with Gasteiger partial charge in [0.15, 0.2) is 0 Å². The van der Waals surface area contributed by atoms with Gasteiger partial charge in [0.2, 0.25) is 0 Å². The predicted octanol–water partition coefficient (Wildman–Crippen LogP) is 13.5. The fourth-order valence-electron chi connectivity index (χ4n) is 6.98. The van der Waals surface area contributed by atoms with Gasteiger partial charge in [-0.25, -0.2) is 0 Å². The highest BCUT2D eigenvalue weighted by atomic mass is 32.2. The number of hydrogen-bond donors (Lipinski definition) is 2. The summed E-state index contributed by atoms with van der Waals surface area (Å²) in [6, 6.07) is 50.1. The molecule has 2 aliphatic heterocycles. The molecule has 0 spiro atoms. The molecule has 0 aromatic heterocycles. The third-order valence-electron chi connectivity index (χ3n) is 9.58. The fraction of sp³-hybridized carbons (Fsp3) is 0.0435. The molecule has 2 heterocycles. The first-order chi connectivity index (χ1) is 26.6. The van der Waals surface area contributed by atoms with Crippen LogP contribution in [0.1, 0.15) is 11.1 Å². The van der Waals surface area contributed by atoms with Crippen molar-refractivity contribution in [2.24, 2.45) is 0 Å². The quantitative estimate of drug-likeness (QED) is 0.166. The maximum Gasteiger partial charge on any atom is 0.136 e. The first kappa shape index (κ1) is 33.7. The van der Waals surface area contributed by atoms with Crippen molar-refractivity contribution in [1.82, 2.24) is 0 Å². The van der Waals surface area contributed by atoms with E-state index in [1.165, 1.54) is 19.6 Å². The predicted molar refractivity (Wildman–Crippen MR) is 221 cm³/mol. The Kier molecular flexibility index (Phi) is 8.83. The van der Waals surface area contributed by atoms with Gasteiger partial charge >= 0.3 is 0 Å². The van der Waals surface area contributed by atoms with E-state index in [0.717, 1.165) is 86.4 Å². The highest BCUT2D eigenvalue weighted by Gasteiger charge is 2.23. The topological polar surface area (TPSA) is 58.9 Å². The van der Waals surface area contributed by atoms with E-state index in [9.17, 15) is 10.2 Å². The summed E-state index contributed by atoms with van der Waals surface area (Å²) in [5.41, 5.74) is 3.74. The second-order valence-electron chi connectivity index (χ2n) is 13.0. The number of hydrogen-bond acceptors (Lipinski definition) is 8. The lowest BCUT2D eigenvalue weighted by atomic mass is 9.92. The van der Waals surface area contributed by atoms with Crippen LogP contribution in [0.3, 0.4) is 0 Å². The minimum Gasteiger partial charge on any atom is -0.457 e. The van der Waals surface area contributed by atoms with Gasteiger partial charge < -0.3 is 19.7 Å². The Hall–Kier alpha value is -4.80. The van der Waals surface area contributed by atoms with E-state index in [1.807, 2.05) is 24.3 Å². The average Bonchev–Trinajstić information content (AvgIpc) is 3.21. The first-order valence-electron chi connectivity index (χ1n) is 17.5. The van der Waals surface area contributed by atoms with Gasteiger partial charge in [-0.3, -0.25) is 0 Å². The molecule has 0 aliphatic carbocycles. The molecule has 2 aliphatic rings. The number of benzene rings is 8. The van der Waals surface area contributed by atoms with Crippen molar-refractivity contribution in [3.63, 3.8) is 0 Å². The van der Waals surface area contributed by atoms with Crippen LogP contribution < -0.4 is 9.47 Å². The normalized spacial score (nSPS) is 12.9. The van der Waals surface area contributed by atoms with Crippen LogP contribution >= 0.6 is 47.0 Å². The molecule has 0 saturated heterocycles. The van der Waals surface area contributed by atoms with Crippen molar-refractivity contribution in [2.45, 2.75) is 52.4 Å². The summed E-state index contributed by atoms with van der Waals surface area (Å²) in [6.45, 7) is 0.0364. The molecule has 8 aromatic rings. The molecule has 54 heavy (non-hydrogen) atoms. The Morgan fingerprint density at radius 1 is 0.370 bits per heavy atom. The number of aliphatic hydroxyl groups is 2. The third kappa shape index (κ3) is 6.23. The largest absolute Gasteiger partial charge is 0.457 e. The highest BCUT2D eigenvalue weighted by Crippen LogP contribution is 2.53. The SMILES string of the molecule is OCc1ccc2c(c1)Sc1cc(Oc3ccc4ccccc4c3-c3c(Oc4ccc5c(c4)Sc4cc(CO)ccc4S5)ccc4ccccc34)ccc1S2. The van der Waals surface area contributed by atoms with E-state index >= 15 is 0 Å². The molecule has 262 valence electrons. The number of ether oxygens (including phenoxy) is 2.